The van der Waals surface area contributed by atoms with Gasteiger partial charge in [-0.3, -0.25) is 4.99 Å². The summed E-state index contributed by atoms with van der Waals surface area (Å²) in [6.07, 6.45) is 0. The fourth-order valence-electron chi connectivity index (χ4n) is 2.66. The van der Waals surface area contributed by atoms with Gasteiger partial charge >= 0.3 is 0 Å². The highest BCUT2D eigenvalue weighted by Gasteiger charge is 2.07. The lowest BCUT2D eigenvalue weighted by Gasteiger charge is -2.13. The molecule has 144 valence electrons. The fraction of sp³-hybridized carbons (Fsp3) is 0.263. The third-order valence-corrected chi connectivity index (χ3v) is 3.98. The molecule has 0 spiro atoms. The monoisotopic (exact) mass is 481 g/mol. The number of hydrogen-bond donors (Lipinski definition) is 3. The predicted molar refractivity (Wildman–Crippen MR) is 120 cm³/mol. The van der Waals surface area contributed by atoms with Crippen molar-refractivity contribution in [1.29, 1.82) is 0 Å². The number of rotatable bonds is 5. The SMILES string of the molecule is CN=C(NCc1nc2ccc(C)cc2[nH]1)Nc1ccc(OC)c(OC)c1.I. The standard InChI is InChI=1S/C19H23N5O2.HI/c1-12-5-7-14-15(9-12)24-18(23-14)11-21-19(20-2)22-13-6-8-16(25-3)17(10-13)26-4;/h5-10H,11H2,1-4H3,(H,23,24)(H2,20,21,22);1H. The number of imidazole rings is 1. The first kappa shape index (κ1) is 20.8. The van der Waals surface area contributed by atoms with Gasteiger partial charge in [-0.2, -0.15) is 0 Å². The molecular formula is C19H24IN5O2. The van der Waals surface area contributed by atoms with Crippen molar-refractivity contribution in [1.82, 2.24) is 15.3 Å². The summed E-state index contributed by atoms with van der Waals surface area (Å²) < 4.78 is 10.6. The number of nitrogens with zero attached hydrogens (tertiary/aromatic N) is 2. The van der Waals surface area contributed by atoms with Crippen LogP contribution in [0.25, 0.3) is 11.0 Å². The van der Waals surface area contributed by atoms with Gasteiger partial charge in [-0.25, -0.2) is 4.98 Å². The van der Waals surface area contributed by atoms with Gasteiger partial charge in [0.15, 0.2) is 17.5 Å². The number of aryl methyl sites for hydroxylation is 1. The zero-order valence-electron chi connectivity index (χ0n) is 15.8. The largest absolute Gasteiger partial charge is 0.493 e. The second-order valence-corrected chi connectivity index (χ2v) is 5.82. The number of nitrogens with one attached hydrogen (secondary N) is 3. The lowest BCUT2D eigenvalue weighted by Crippen LogP contribution is -2.30. The zero-order valence-corrected chi connectivity index (χ0v) is 18.1. The molecule has 0 aliphatic heterocycles. The Morgan fingerprint density at radius 1 is 1.11 bits per heavy atom. The molecule has 0 bridgehead atoms. The number of ether oxygens (including phenoxy) is 2. The number of halogens is 1. The summed E-state index contributed by atoms with van der Waals surface area (Å²) in [6, 6.07) is 11.8. The van der Waals surface area contributed by atoms with Crippen molar-refractivity contribution in [2.24, 2.45) is 4.99 Å². The number of H-pyrrole nitrogens is 1. The van der Waals surface area contributed by atoms with Gasteiger partial charge in [0.25, 0.3) is 0 Å². The van der Waals surface area contributed by atoms with E-state index in [1.165, 1.54) is 5.56 Å². The van der Waals surface area contributed by atoms with Gasteiger partial charge in [0.05, 0.1) is 31.8 Å². The van der Waals surface area contributed by atoms with Crippen LogP contribution in [0, 0.1) is 6.92 Å². The molecule has 0 fully saturated rings. The third-order valence-electron chi connectivity index (χ3n) is 3.98. The molecule has 0 unspecified atom stereocenters. The van der Waals surface area contributed by atoms with Crippen LogP contribution in [-0.2, 0) is 6.54 Å². The normalized spacial score (nSPS) is 11.0. The quantitative estimate of drug-likeness (QED) is 0.294. The number of aliphatic imine (C=N–C) groups is 1. The van der Waals surface area contributed by atoms with E-state index < -0.39 is 0 Å². The van der Waals surface area contributed by atoms with Gasteiger partial charge in [-0.15, -0.1) is 24.0 Å². The Balaban J connectivity index is 0.00000261. The molecule has 2 aromatic carbocycles. The minimum absolute atomic E-state index is 0. The molecule has 27 heavy (non-hydrogen) atoms. The number of aromatic amines is 1. The maximum Gasteiger partial charge on any atom is 0.195 e. The molecule has 0 atom stereocenters. The van der Waals surface area contributed by atoms with Crippen LogP contribution in [0.4, 0.5) is 5.69 Å². The van der Waals surface area contributed by atoms with E-state index in [1.807, 2.05) is 24.3 Å². The Morgan fingerprint density at radius 2 is 1.89 bits per heavy atom. The minimum atomic E-state index is 0. The van der Waals surface area contributed by atoms with Gasteiger partial charge in [0.1, 0.15) is 5.82 Å². The van der Waals surface area contributed by atoms with Crippen molar-refractivity contribution in [2.45, 2.75) is 13.5 Å². The average molecular weight is 481 g/mol. The number of methoxy groups -OCH3 is 2. The second-order valence-electron chi connectivity index (χ2n) is 5.82. The molecule has 0 saturated carbocycles. The van der Waals surface area contributed by atoms with Crippen LogP contribution < -0.4 is 20.1 Å². The summed E-state index contributed by atoms with van der Waals surface area (Å²) >= 11 is 0. The van der Waals surface area contributed by atoms with Crippen molar-refractivity contribution in [2.75, 3.05) is 26.6 Å². The van der Waals surface area contributed by atoms with Crippen LogP contribution in [0.3, 0.4) is 0 Å². The molecular weight excluding hydrogens is 457 g/mol. The third kappa shape index (κ3) is 5.03. The van der Waals surface area contributed by atoms with Crippen LogP contribution in [-0.4, -0.2) is 37.2 Å². The highest BCUT2D eigenvalue weighted by molar-refractivity contribution is 14.0. The zero-order chi connectivity index (χ0) is 18.5. The van der Waals surface area contributed by atoms with Gasteiger partial charge in [0.2, 0.25) is 0 Å². The summed E-state index contributed by atoms with van der Waals surface area (Å²) in [4.78, 5) is 12.1. The molecule has 0 amide bonds. The van der Waals surface area contributed by atoms with Gasteiger partial charge in [0, 0.05) is 18.8 Å². The predicted octanol–water partition coefficient (Wildman–Crippen LogP) is 3.69. The van der Waals surface area contributed by atoms with Crippen molar-refractivity contribution < 1.29 is 9.47 Å². The molecule has 0 saturated heterocycles. The highest BCUT2D eigenvalue weighted by atomic mass is 127. The van der Waals surface area contributed by atoms with Crippen molar-refractivity contribution in [3.05, 3.63) is 47.8 Å². The van der Waals surface area contributed by atoms with Crippen LogP contribution >= 0.6 is 24.0 Å². The topological polar surface area (TPSA) is 83.6 Å². The number of anilines is 1. The number of benzene rings is 2. The summed E-state index contributed by atoms with van der Waals surface area (Å²) in [5, 5.41) is 6.48. The van der Waals surface area contributed by atoms with E-state index >= 15 is 0 Å². The van der Waals surface area contributed by atoms with E-state index in [-0.39, 0.29) is 24.0 Å². The number of fused-ring (bicyclic) bond motifs is 1. The van der Waals surface area contributed by atoms with E-state index in [9.17, 15) is 0 Å². The Labute approximate surface area is 175 Å². The van der Waals surface area contributed by atoms with E-state index in [4.69, 9.17) is 9.47 Å². The fourth-order valence-corrected chi connectivity index (χ4v) is 2.66. The van der Waals surface area contributed by atoms with Gasteiger partial charge in [-0.05, 0) is 36.8 Å². The first-order chi connectivity index (χ1) is 12.6. The maximum atomic E-state index is 5.32. The van der Waals surface area contributed by atoms with Crippen LogP contribution in [0.5, 0.6) is 11.5 Å². The van der Waals surface area contributed by atoms with Crippen LogP contribution in [0.15, 0.2) is 41.4 Å². The van der Waals surface area contributed by atoms with E-state index in [0.717, 1.165) is 22.5 Å². The van der Waals surface area contributed by atoms with Crippen molar-refractivity contribution >= 4 is 46.7 Å². The Hall–Kier alpha value is -2.49. The van der Waals surface area contributed by atoms with Crippen molar-refractivity contribution in [3.8, 4) is 11.5 Å². The average Bonchev–Trinajstić information content (AvgIpc) is 3.06. The molecule has 7 nitrogen and oxygen atoms in total. The number of aromatic nitrogens is 2. The molecule has 3 rings (SSSR count). The van der Waals surface area contributed by atoms with Crippen LogP contribution in [0.2, 0.25) is 0 Å². The smallest absolute Gasteiger partial charge is 0.195 e. The molecule has 0 aliphatic rings. The summed E-state index contributed by atoms with van der Waals surface area (Å²) in [7, 11) is 4.94. The Bertz CT molecular complexity index is 939. The van der Waals surface area contributed by atoms with Crippen molar-refractivity contribution in [3.63, 3.8) is 0 Å². The van der Waals surface area contributed by atoms with E-state index in [0.29, 0.717) is 24.0 Å². The summed E-state index contributed by atoms with van der Waals surface area (Å²) in [5.74, 6) is 2.81. The van der Waals surface area contributed by atoms with Crippen LogP contribution in [0.1, 0.15) is 11.4 Å². The number of guanidine groups is 1. The molecule has 1 aromatic heterocycles. The first-order valence-electron chi connectivity index (χ1n) is 8.28. The van der Waals surface area contributed by atoms with E-state index in [2.05, 4.69) is 44.7 Å². The summed E-state index contributed by atoms with van der Waals surface area (Å²) in [5.41, 5.74) is 4.03. The lowest BCUT2D eigenvalue weighted by molar-refractivity contribution is 0.355. The number of hydrogen-bond acceptors (Lipinski definition) is 4. The second kappa shape index (κ2) is 9.45. The van der Waals surface area contributed by atoms with Gasteiger partial charge < -0.3 is 25.1 Å². The van der Waals surface area contributed by atoms with Gasteiger partial charge in [-0.1, -0.05) is 6.07 Å². The molecule has 3 N–H and O–H groups in total. The maximum absolute atomic E-state index is 5.32. The molecule has 0 aliphatic carbocycles. The molecule has 3 aromatic rings. The molecule has 0 radical (unpaired) electrons. The minimum Gasteiger partial charge on any atom is -0.493 e. The first-order valence-corrected chi connectivity index (χ1v) is 8.28. The highest BCUT2D eigenvalue weighted by Crippen LogP contribution is 2.29. The molecule has 1 heterocycles. The molecule has 8 heteroatoms. The van der Waals surface area contributed by atoms with E-state index in [1.54, 1.807) is 21.3 Å². The lowest BCUT2D eigenvalue weighted by atomic mass is 10.2. The Morgan fingerprint density at radius 3 is 2.59 bits per heavy atom. The summed E-state index contributed by atoms with van der Waals surface area (Å²) in [6.45, 7) is 2.59. The Kier molecular flexibility index (Phi) is 7.28.